The minimum absolute atomic E-state index is 0.172. The van der Waals surface area contributed by atoms with Gasteiger partial charge in [0, 0.05) is 18.2 Å². The summed E-state index contributed by atoms with van der Waals surface area (Å²) in [5, 5.41) is 5.34. The van der Waals surface area contributed by atoms with Gasteiger partial charge in [-0.2, -0.15) is 0 Å². The van der Waals surface area contributed by atoms with Gasteiger partial charge in [-0.3, -0.25) is 9.59 Å². The Hall–Kier alpha value is -3.42. The summed E-state index contributed by atoms with van der Waals surface area (Å²) in [6, 6.07) is 10.3. The molecule has 0 unspecified atom stereocenters. The summed E-state index contributed by atoms with van der Waals surface area (Å²) < 4.78 is 21.3. The minimum Gasteiger partial charge on any atom is -0.496 e. The van der Waals surface area contributed by atoms with Crippen LogP contribution in [-0.2, 0) is 11.3 Å². The van der Waals surface area contributed by atoms with Gasteiger partial charge in [-0.1, -0.05) is 12.1 Å². The van der Waals surface area contributed by atoms with Crippen LogP contribution in [0.1, 0.15) is 22.8 Å². The summed E-state index contributed by atoms with van der Waals surface area (Å²) in [6.07, 6.45) is 0. The van der Waals surface area contributed by atoms with Crippen molar-refractivity contribution in [2.75, 3.05) is 34.5 Å². The van der Waals surface area contributed by atoms with E-state index < -0.39 is 0 Å². The highest BCUT2D eigenvalue weighted by Gasteiger charge is 2.15. The van der Waals surface area contributed by atoms with Gasteiger partial charge in [-0.15, -0.1) is 0 Å². The van der Waals surface area contributed by atoms with Crippen LogP contribution in [0.25, 0.3) is 0 Å². The van der Waals surface area contributed by atoms with Crippen LogP contribution in [0.15, 0.2) is 36.4 Å². The van der Waals surface area contributed by atoms with Crippen molar-refractivity contribution in [2.45, 2.75) is 13.5 Å². The van der Waals surface area contributed by atoms with E-state index in [9.17, 15) is 9.59 Å². The normalized spacial score (nSPS) is 10.1. The number of benzene rings is 2. The Balaban J connectivity index is 1.96. The van der Waals surface area contributed by atoms with E-state index in [2.05, 4.69) is 10.6 Å². The van der Waals surface area contributed by atoms with E-state index in [4.69, 9.17) is 18.9 Å². The van der Waals surface area contributed by atoms with Gasteiger partial charge in [0.2, 0.25) is 5.91 Å². The van der Waals surface area contributed by atoms with Crippen molar-refractivity contribution >= 4 is 11.8 Å². The molecule has 0 atom stereocenters. The van der Waals surface area contributed by atoms with Gasteiger partial charge >= 0.3 is 0 Å². The highest BCUT2D eigenvalue weighted by Crippen LogP contribution is 2.34. The Morgan fingerprint density at radius 3 is 2.17 bits per heavy atom. The van der Waals surface area contributed by atoms with Gasteiger partial charge in [-0.05, 0) is 25.1 Å². The second-order valence-corrected chi connectivity index (χ2v) is 5.91. The van der Waals surface area contributed by atoms with Gasteiger partial charge < -0.3 is 29.6 Å². The lowest BCUT2D eigenvalue weighted by Crippen LogP contribution is -2.36. The summed E-state index contributed by atoms with van der Waals surface area (Å²) in [7, 11) is 4.59. The SMILES string of the molecule is CCOc1ccccc1C(=O)NCC(=O)NCc1cc(OC)c(OC)cc1OC. The number of methoxy groups -OCH3 is 3. The summed E-state index contributed by atoms with van der Waals surface area (Å²) in [5.74, 6) is 1.36. The number of carbonyl (C=O) groups excluding carboxylic acids is 2. The fourth-order valence-corrected chi connectivity index (χ4v) is 2.68. The largest absolute Gasteiger partial charge is 0.496 e. The van der Waals surface area contributed by atoms with E-state index in [1.165, 1.54) is 21.3 Å². The number of carbonyl (C=O) groups is 2. The average molecular weight is 402 g/mol. The fourth-order valence-electron chi connectivity index (χ4n) is 2.68. The number of hydrogen-bond donors (Lipinski definition) is 2. The Bertz CT molecular complexity index is 853. The molecule has 0 heterocycles. The van der Waals surface area contributed by atoms with Crippen LogP contribution in [0.2, 0.25) is 0 Å². The molecule has 2 aromatic rings. The first-order valence-corrected chi connectivity index (χ1v) is 9.09. The number of amides is 2. The van der Waals surface area contributed by atoms with Crippen molar-refractivity contribution in [2.24, 2.45) is 0 Å². The van der Waals surface area contributed by atoms with Crippen LogP contribution in [0.5, 0.6) is 23.0 Å². The lowest BCUT2D eigenvalue weighted by atomic mass is 10.1. The zero-order valence-corrected chi connectivity index (χ0v) is 17.0. The second-order valence-electron chi connectivity index (χ2n) is 5.91. The van der Waals surface area contributed by atoms with E-state index in [0.29, 0.717) is 40.7 Å². The second kappa shape index (κ2) is 10.8. The predicted octanol–water partition coefficient (Wildman–Crippen LogP) is 2.16. The minimum atomic E-state index is -0.382. The number of rotatable bonds is 10. The van der Waals surface area contributed by atoms with Crippen molar-refractivity contribution in [3.8, 4) is 23.0 Å². The molecule has 156 valence electrons. The van der Waals surface area contributed by atoms with Crippen molar-refractivity contribution in [3.63, 3.8) is 0 Å². The van der Waals surface area contributed by atoms with Gasteiger partial charge in [0.1, 0.15) is 11.5 Å². The van der Waals surface area contributed by atoms with Gasteiger partial charge in [0.25, 0.3) is 5.91 Å². The molecule has 0 saturated carbocycles. The number of nitrogens with one attached hydrogen (secondary N) is 2. The molecule has 8 heteroatoms. The molecule has 2 N–H and O–H groups in total. The van der Waals surface area contributed by atoms with E-state index >= 15 is 0 Å². The predicted molar refractivity (Wildman–Crippen MR) is 108 cm³/mol. The number of para-hydroxylation sites is 1. The third-order valence-corrected chi connectivity index (χ3v) is 4.10. The molecule has 0 aliphatic heterocycles. The van der Waals surface area contributed by atoms with Crippen LogP contribution in [0, 0.1) is 0 Å². The molecule has 0 fully saturated rings. The maximum absolute atomic E-state index is 12.4. The summed E-state index contributed by atoms with van der Waals surface area (Å²) in [4.78, 5) is 24.5. The molecule has 2 aromatic carbocycles. The number of hydrogen-bond acceptors (Lipinski definition) is 6. The third kappa shape index (κ3) is 5.78. The van der Waals surface area contributed by atoms with Crippen molar-refractivity contribution in [1.29, 1.82) is 0 Å². The maximum atomic E-state index is 12.4. The summed E-state index contributed by atoms with van der Waals surface area (Å²) in [5.41, 5.74) is 1.09. The standard InChI is InChI=1S/C21H26N2O6/c1-5-29-16-9-7-6-8-15(16)21(25)23-13-20(24)22-12-14-10-18(27-3)19(28-4)11-17(14)26-2/h6-11H,5,12-13H2,1-4H3,(H,22,24)(H,23,25). The Morgan fingerprint density at radius 1 is 0.862 bits per heavy atom. The Labute approximate surface area is 170 Å². The van der Waals surface area contributed by atoms with Crippen molar-refractivity contribution in [3.05, 3.63) is 47.5 Å². The molecule has 8 nitrogen and oxygen atoms in total. The van der Waals surface area contributed by atoms with Gasteiger partial charge in [-0.25, -0.2) is 0 Å². The molecule has 29 heavy (non-hydrogen) atoms. The molecular formula is C21H26N2O6. The summed E-state index contributed by atoms with van der Waals surface area (Å²) in [6.45, 7) is 2.31. The van der Waals surface area contributed by atoms with E-state index in [-0.39, 0.29) is 24.9 Å². The van der Waals surface area contributed by atoms with Gasteiger partial charge in [0.15, 0.2) is 11.5 Å². The third-order valence-electron chi connectivity index (χ3n) is 4.10. The van der Waals surface area contributed by atoms with E-state index in [0.717, 1.165) is 0 Å². The quantitative estimate of drug-likeness (QED) is 0.632. The van der Waals surface area contributed by atoms with E-state index in [1.807, 2.05) is 6.92 Å². The zero-order chi connectivity index (χ0) is 21.2. The maximum Gasteiger partial charge on any atom is 0.255 e. The molecule has 0 spiro atoms. The first kappa shape index (κ1) is 21.9. The lowest BCUT2D eigenvalue weighted by Gasteiger charge is -2.15. The summed E-state index contributed by atoms with van der Waals surface area (Å²) >= 11 is 0. The van der Waals surface area contributed by atoms with Crippen LogP contribution < -0.4 is 29.6 Å². The molecule has 0 aliphatic rings. The van der Waals surface area contributed by atoms with Crippen molar-refractivity contribution in [1.82, 2.24) is 10.6 Å². The monoisotopic (exact) mass is 402 g/mol. The van der Waals surface area contributed by atoms with Crippen LogP contribution >= 0.6 is 0 Å². The van der Waals surface area contributed by atoms with Crippen molar-refractivity contribution < 1.29 is 28.5 Å². The Morgan fingerprint density at radius 2 is 1.52 bits per heavy atom. The Kier molecular flexibility index (Phi) is 8.14. The van der Waals surface area contributed by atoms with Gasteiger partial charge in [0.05, 0.1) is 40.0 Å². The average Bonchev–Trinajstić information content (AvgIpc) is 2.75. The zero-order valence-electron chi connectivity index (χ0n) is 17.0. The molecule has 0 saturated heterocycles. The first-order chi connectivity index (χ1) is 14.0. The molecule has 2 amide bonds. The molecule has 0 aromatic heterocycles. The van der Waals surface area contributed by atoms with E-state index in [1.54, 1.807) is 36.4 Å². The molecule has 0 bridgehead atoms. The topological polar surface area (TPSA) is 95.1 Å². The molecule has 2 rings (SSSR count). The highest BCUT2D eigenvalue weighted by atomic mass is 16.5. The van der Waals surface area contributed by atoms with Crippen LogP contribution in [-0.4, -0.2) is 46.3 Å². The fraction of sp³-hybridized carbons (Fsp3) is 0.333. The number of ether oxygens (including phenoxy) is 4. The first-order valence-electron chi connectivity index (χ1n) is 9.09. The molecule has 0 radical (unpaired) electrons. The molecular weight excluding hydrogens is 376 g/mol. The highest BCUT2D eigenvalue weighted by molar-refractivity contribution is 5.98. The molecule has 0 aliphatic carbocycles. The van der Waals surface area contributed by atoms with Crippen LogP contribution in [0.4, 0.5) is 0 Å². The smallest absolute Gasteiger partial charge is 0.255 e. The lowest BCUT2D eigenvalue weighted by molar-refractivity contribution is -0.120. The van der Waals surface area contributed by atoms with Crippen LogP contribution in [0.3, 0.4) is 0 Å².